The van der Waals surface area contributed by atoms with E-state index in [1.165, 1.54) is 16.7 Å². The summed E-state index contributed by atoms with van der Waals surface area (Å²) in [5.41, 5.74) is 3.68. The maximum atomic E-state index is 5.31. The lowest BCUT2D eigenvalue weighted by Crippen LogP contribution is -2.18. The highest BCUT2D eigenvalue weighted by Gasteiger charge is 2.15. The van der Waals surface area contributed by atoms with E-state index in [-0.39, 0.29) is 6.04 Å². The van der Waals surface area contributed by atoms with Crippen LogP contribution in [0.2, 0.25) is 0 Å². The van der Waals surface area contributed by atoms with Gasteiger partial charge in [-0.1, -0.05) is 45.8 Å². The van der Waals surface area contributed by atoms with Crippen LogP contribution >= 0.6 is 15.9 Å². The maximum Gasteiger partial charge on any atom is 0.119 e. The van der Waals surface area contributed by atoms with Gasteiger partial charge >= 0.3 is 0 Å². The first-order valence-electron chi connectivity index (χ1n) is 6.23. The van der Waals surface area contributed by atoms with E-state index in [1.807, 2.05) is 19.2 Å². The third-order valence-electron chi connectivity index (χ3n) is 3.21. The molecule has 0 aliphatic rings. The van der Waals surface area contributed by atoms with Crippen LogP contribution in [0.5, 0.6) is 5.75 Å². The fraction of sp³-hybridized carbons (Fsp3) is 0.250. The number of benzene rings is 2. The second-order valence-electron chi connectivity index (χ2n) is 4.52. The predicted molar refractivity (Wildman–Crippen MR) is 82.8 cm³/mol. The summed E-state index contributed by atoms with van der Waals surface area (Å²) in [6, 6.07) is 14.8. The first-order chi connectivity index (χ1) is 9.15. The normalized spacial score (nSPS) is 12.2. The molecule has 2 aromatic carbocycles. The van der Waals surface area contributed by atoms with E-state index in [2.05, 4.69) is 58.5 Å². The third-order valence-corrected chi connectivity index (χ3v) is 3.94. The first-order valence-corrected chi connectivity index (χ1v) is 7.02. The summed E-state index contributed by atoms with van der Waals surface area (Å²) in [4.78, 5) is 0. The highest BCUT2D eigenvalue weighted by atomic mass is 79.9. The lowest BCUT2D eigenvalue weighted by atomic mass is 9.98. The van der Waals surface area contributed by atoms with Crippen molar-refractivity contribution in [2.75, 3.05) is 14.2 Å². The van der Waals surface area contributed by atoms with Gasteiger partial charge in [0.25, 0.3) is 0 Å². The summed E-state index contributed by atoms with van der Waals surface area (Å²) >= 11 is 3.62. The predicted octanol–water partition coefficient (Wildman–Crippen LogP) is 4.07. The van der Waals surface area contributed by atoms with Crippen LogP contribution in [-0.2, 0) is 0 Å². The van der Waals surface area contributed by atoms with Crippen LogP contribution in [0.3, 0.4) is 0 Å². The smallest absolute Gasteiger partial charge is 0.119 e. The van der Waals surface area contributed by atoms with Crippen molar-refractivity contribution in [3.05, 3.63) is 63.6 Å². The Labute approximate surface area is 122 Å². The molecular formula is C16H18BrNO. The van der Waals surface area contributed by atoms with E-state index < -0.39 is 0 Å². The summed E-state index contributed by atoms with van der Waals surface area (Å²) in [6.07, 6.45) is 0. The summed E-state index contributed by atoms with van der Waals surface area (Å²) in [5.74, 6) is 0.866. The quantitative estimate of drug-likeness (QED) is 0.917. The van der Waals surface area contributed by atoms with E-state index in [0.29, 0.717) is 0 Å². The molecule has 1 N–H and O–H groups in total. The van der Waals surface area contributed by atoms with Gasteiger partial charge in [0.2, 0.25) is 0 Å². The minimum Gasteiger partial charge on any atom is -0.497 e. The standard InChI is InChI=1S/C16H18BrNO/c1-11-4-6-12(7-5-11)16(18-2)14-10-13(19-3)8-9-15(14)17/h4-10,16,18H,1-3H3. The molecule has 2 nitrogen and oxygen atoms in total. The molecule has 0 aliphatic heterocycles. The Hall–Kier alpha value is -1.32. The fourth-order valence-corrected chi connectivity index (χ4v) is 2.61. The molecule has 0 aromatic heterocycles. The van der Waals surface area contributed by atoms with Crippen molar-refractivity contribution in [2.24, 2.45) is 0 Å². The largest absolute Gasteiger partial charge is 0.497 e. The van der Waals surface area contributed by atoms with Crippen LogP contribution in [0.15, 0.2) is 46.9 Å². The highest BCUT2D eigenvalue weighted by Crippen LogP contribution is 2.31. The lowest BCUT2D eigenvalue weighted by Gasteiger charge is -2.19. The number of nitrogens with one attached hydrogen (secondary N) is 1. The van der Waals surface area contributed by atoms with Crippen LogP contribution in [0.25, 0.3) is 0 Å². The van der Waals surface area contributed by atoms with Crippen LogP contribution < -0.4 is 10.1 Å². The molecule has 0 fully saturated rings. The summed E-state index contributed by atoms with van der Waals surface area (Å²) in [7, 11) is 3.66. The molecule has 0 heterocycles. The number of halogens is 1. The molecule has 100 valence electrons. The molecule has 3 heteroatoms. The summed E-state index contributed by atoms with van der Waals surface area (Å²) < 4.78 is 6.39. The third kappa shape index (κ3) is 3.17. The van der Waals surface area contributed by atoms with Gasteiger partial charge in [-0.15, -0.1) is 0 Å². The Morgan fingerprint density at radius 1 is 1.11 bits per heavy atom. The Bertz CT molecular complexity index is 551. The van der Waals surface area contributed by atoms with Gasteiger partial charge in [0.15, 0.2) is 0 Å². The molecule has 2 aromatic rings. The van der Waals surface area contributed by atoms with E-state index >= 15 is 0 Å². The van der Waals surface area contributed by atoms with Gasteiger partial charge in [-0.3, -0.25) is 0 Å². The van der Waals surface area contributed by atoms with Gasteiger partial charge in [0.05, 0.1) is 13.2 Å². The van der Waals surface area contributed by atoms with Gasteiger partial charge < -0.3 is 10.1 Å². The SMILES string of the molecule is CNC(c1ccc(C)cc1)c1cc(OC)ccc1Br. The Kier molecular flexibility index (Phi) is 4.61. The topological polar surface area (TPSA) is 21.3 Å². The van der Waals surface area contributed by atoms with E-state index in [1.54, 1.807) is 7.11 Å². The fourth-order valence-electron chi connectivity index (χ4n) is 2.13. The molecule has 1 atom stereocenters. The second-order valence-corrected chi connectivity index (χ2v) is 5.37. The zero-order valence-electron chi connectivity index (χ0n) is 11.4. The number of rotatable bonds is 4. The van der Waals surface area contributed by atoms with Crippen molar-refractivity contribution in [3.8, 4) is 5.75 Å². The van der Waals surface area contributed by atoms with Crippen LogP contribution in [0, 0.1) is 6.92 Å². The molecule has 0 bridgehead atoms. The van der Waals surface area contributed by atoms with Crippen molar-refractivity contribution in [1.82, 2.24) is 5.32 Å². The van der Waals surface area contributed by atoms with Gasteiger partial charge in [0.1, 0.15) is 5.75 Å². The van der Waals surface area contributed by atoms with Crippen molar-refractivity contribution in [2.45, 2.75) is 13.0 Å². The van der Waals surface area contributed by atoms with Crippen molar-refractivity contribution in [3.63, 3.8) is 0 Å². The lowest BCUT2D eigenvalue weighted by molar-refractivity contribution is 0.413. The van der Waals surface area contributed by atoms with Gasteiger partial charge in [-0.2, -0.15) is 0 Å². The molecule has 19 heavy (non-hydrogen) atoms. The van der Waals surface area contributed by atoms with E-state index in [9.17, 15) is 0 Å². The molecule has 0 amide bonds. The molecule has 2 rings (SSSR count). The molecule has 0 spiro atoms. The molecule has 0 radical (unpaired) electrons. The maximum absolute atomic E-state index is 5.31. The number of aryl methyl sites for hydroxylation is 1. The highest BCUT2D eigenvalue weighted by molar-refractivity contribution is 9.10. The molecule has 1 unspecified atom stereocenters. The van der Waals surface area contributed by atoms with Crippen LogP contribution in [0.4, 0.5) is 0 Å². The number of hydrogen-bond donors (Lipinski definition) is 1. The van der Waals surface area contributed by atoms with Crippen LogP contribution in [0.1, 0.15) is 22.7 Å². The number of hydrogen-bond acceptors (Lipinski definition) is 2. The Morgan fingerprint density at radius 2 is 1.79 bits per heavy atom. The summed E-state index contributed by atoms with van der Waals surface area (Å²) in [5, 5.41) is 3.36. The zero-order valence-corrected chi connectivity index (χ0v) is 13.0. The van der Waals surface area contributed by atoms with Crippen molar-refractivity contribution >= 4 is 15.9 Å². The zero-order chi connectivity index (χ0) is 13.8. The Balaban J connectivity index is 2.44. The van der Waals surface area contributed by atoms with E-state index in [4.69, 9.17) is 4.74 Å². The minimum absolute atomic E-state index is 0.144. The monoisotopic (exact) mass is 319 g/mol. The summed E-state index contributed by atoms with van der Waals surface area (Å²) in [6.45, 7) is 2.10. The van der Waals surface area contributed by atoms with E-state index in [0.717, 1.165) is 10.2 Å². The van der Waals surface area contributed by atoms with Crippen LogP contribution in [-0.4, -0.2) is 14.2 Å². The van der Waals surface area contributed by atoms with Gasteiger partial charge in [-0.25, -0.2) is 0 Å². The second kappa shape index (κ2) is 6.22. The van der Waals surface area contributed by atoms with Gasteiger partial charge in [-0.05, 0) is 43.3 Å². The molecular weight excluding hydrogens is 302 g/mol. The minimum atomic E-state index is 0.144. The molecule has 0 aliphatic carbocycles. The molecule has 0 saturated heterocycles. The van der Waals surface area contributed by atoms with Gasteiger partial charge in [0, 0.05) is 4.47 Å². The Morgan fingerprint density at radius 3 is 2.37 bits per heavy atom. The first kappa shape index (κ1) is 14.1. The van der Waals surface area contributed by atoms with Crippen molar-refractivity contribution in [1.29, 1.82) is 0 Å². The average molecular weight is 320 g/mol. The molecule has 0 saturated carbocycles. The van der Waals surface area contributed by atoms with Crippen molar-refractivity contribution < 1.29 is 4.74 Å². The number of ether oxygens (including phenoxy) is 1. The number of methoxy groups -OCH3 is 1. The average Bonchev–Trinajstić information content (AvgIpc) is 2.43.